The molecule has 0 fully saturated rings. The fourth-order valence-electron chi connectivity index (χ4n) is 2.08. The van der Waals surface area contributed by atoms with Crippen molar-refractivity contribution in [2.45, 2.75) is 32.2 Å². The third-order valence-electron chi connectivity index (χ3n) is 2.99. The van der Waals surface area contributed by atoms with Gasteiger partial charge in [-0.1, -0.05) is 37.3 Å². The van der Waals surface area contributed by atoms with Crippen molar-refractivity contribution in [2.75, 3.05) is 6.54 Å². The number of nitrogens with zero attached hydrogens (tertiary/aromatic N) is 2. The van der Waals surface area contributed by atoms with Gasteiger partial charge in [0.05, 0.1) is 29.7 Å². The van der Waals surface area contributed by atoms with E-state index in [1.807, 2.05) is 6.20 Å². The van der Waals surface area contributed by atoms with E-state index in [0.717, 1.165) is 25.1 Å². The van der Waals surface area contributed by atoms with Crippen LogP contribution in [0.3, 0.4) is 0 Å². The minimum Gasteiger partial charge on any atom is -0.309 e. The zero-order valence-corrected chi connectivity index (χ0v) is 11.5. The summed E-state index contributed by atoms with van der Waals surface area (Å²) in [6, 6.07) is 11.0. The summed E-state index contributed by atoms with van der Waals surface area (Å²) in [6.07, 6.45) is 5.27. The van der Waals surface area contributed by atoms with Crippen LogP contribution in [0, 0.1) is 0 Å². The van der Waals surface area contributed by atoms with Crippen molar-refractivity contribution in [3.63, 3.8) is 0 Å². The Kier molecular flexibility index (Phi) is 5.30. The summed E-state index contributed by atoms with van der Waals surface area (Å²) in [7, 11) is 0. The summed E-state index contributed by atoms with van der Waals surface area (Å²) in [6.45, 7) is 3.09. The molecule has 1 atom stereocenters. The van der Waals surface area contributed by atoms with E-state index in [4.69, 9.17) is 0 Å². The molecule has 3 nitrogen and oxygen atoms in total. The standard InChI is InChI=1S/C14H19N3S/c1-2-15-13(14-11-16-18-17-14)10-6-9-12-7-4-3-5-8-12/h3-5,7-8,11,13,15H,2,6,9-10H2,1H3. The van der Waals surface area contributed by atoms with Crippen LogP contribution in [0.25, 0.3) is 0 Å². The Labute approximate surface area is 113 Å². The minimum absolute atomic E-state index is 0.345. The summed E-state index contributed by atoms with van der Waals surface area (Å²) in [4.78, 5) is 0. The molecule has 0 spiro atoms. The monoisotopic (exact) mass is 261 g/mol. The number of benzene rings is 1. The second-order valence-corrected chi connectivity index (χ2v) is 4.88. The maximum absolute atomic E-state index is 4.33. The molecule has 0 saturated carbocycles. The van der Waals surface area contributed by atoms with Gasteiger partial charge in [-0.25, -0.2) is 0 Å². The Bertz CT molecular complexity index is 428. The lowest BCUT2D eigenvalue weighted by Gasteiger charge is -2.14. The highest BCUT2D eigenvalue weighted by Gasteiger charge is 2.12. The van der Waals surface area contributed by atoms with E-state index in [1.165, 1.54) is 23.7 Å². The van der Waals surface area contributed by atoms with Crippen molar-refractivity contribution in [3.05, 3.63) is 47.8 Å². The van der Waals surface area contributed by atoms with Crippen molar-refractivity contribution in [2.24, 2.45) is 0 Å². The second kappa shape index (κ2) is 7.24. The van der Waals surface area contributed by atoms with Gasteiger partial charge in [-0.15, -0.1) is 0 Å². The molecule has 1 unspecified atom stereocenters. The fraction of sp³-hybridized carbons (Fsp3) is 0.429. The zero-order chi connectivity index (χ0) is 12.6. The summed E-state index contributed by atoms with van der Waals surface area (Å²) in [5.74, 6) is 0. The molecular weight excluding hydrogens is 242 g/mol. The number of rotatable bonds is 7. The average Bonchev–Trinajstić information content (AvgIpc) is 2.93. The number of hydrogen-bond donors (Lipinski definition) is 1. The maximum atomic E-state index is 4.33. The van der Waals surface area contributed by atoms with Gasteiger partial charge in [0, 0.05) is 0 Å². The first-order valence-electron chi connectivity index (χ1n) is 6.45. The van der Waals surface area contributed by atoms with Gasteiger partial charge in [0.15, 0.2) is 0 Å². The van der Waals surface area contributed by atoms with Crippen LogP contribution in [-0.4, -0.2) is 15.3 Å². The lowest BCUT2D eigenvalue weighted by Crippen LogP contribution is -2.21. The van der Waals surface area contributed by atoms with Crippen LogP contribution in [0.15, 0.2) is 36.5 Å². The molecule has 4 heteroatoms. The second-order valence-electron chi connectivity index (χ2n) is 4.32. The summed E-state index contributed by atoms with van der Waals surface area (Å²) < 4.78 is 8.41. The Hall–Kier alpha value is -1.26. The van der Waals surface area contributed by atoms with Crippen molar-refractivity contribution in [3.8, 4) is 0 Å². The van der Waals surface area contributed by atoms with Crippen LogP contribution < -0.4 is 5.32 Å². The molecule has 0 aliphatic carbocycles. The van der Waals surface area contributed by atoms with Crippen molar-refractivity contribution in [1.29, 1.82) is 0 Å². The van der Waals surface area contributed by atoms with E-state index in [2.05, 4.69) is 51.3 Å². The van der Waals surface area contributed by atoms with Crippen molar-refractivity contribution in [1.82, 2.24) is 14.1 Å². The normalized spacial score (nSPS) is 12.5. The van der Waals surface area contributed by atoms with Crippen molar-refractivity contribution < 1.29 is 0 Å². The van der Waals surface area contributed by atoms with Crippen LogP contribution in [0.5, 0.6) is 0 Å². The molecule has 2 rings (SSSR count). The summed E-state index contributed by atoms with van der Waals surface area (Å²) in [5.41, 5.74) is 2.49. The van der Waals surface area contributed by atoms with Gasteiger partial charge in [0.1, 0.15) is 0 Å². The lowest BCUT2D eigenvalue weighted by molar-refractivity contribution is 0.490. The van der Waals surface area contributed by atoms with Gasteiger partial charge in [-0.05, 0) is 31.4 Å². The molecule has 0 saturated heterocycles. The van der Waals surface area contributed by atoms with Crippen LogP contribution in [0.1, 0.15) is 37.1 Å². The Morgan fingerprint density at radius 3 is 2.78 bits per heavy atom. The van der Waals surface area contributed by atoms with E-state index < -0.39 is 0 Å². The number of aromatic nitrogens is 2. The Morgan fingerprint density at radius 1 is 1.28 bits per heavy atom. The van der Waals surface area contributed by atoms with Crippen molar-refractivity contribution >= 4 is 11.7 Å². The van der Waals surface area contributed by atoms with Crippen LogP contribution in [0.2, 0.25) is 0 Å². The quantitative estimate of drug-likeness (QED) is 0.831. The Balaban J connectivity index is 1.83. The maximum Gasteiger partial charge on any atom is 0.0912 e. The molecule has 0 amide bonds. The van der Waals surface area contributed by atoms with Gasteiger partial charge >= 0.3 is 0 Å². The average molecular weight is 261 g/mol. The molecular formula is C14H19N3S. The zero-order valence-electron chi connectivity index (χ0n) is 10.7. The molecule has 0 aliphatic rings. The topological polar surface area (TPSA) is 37.8 Å². The van der Waals surface area contributed by atoms with E-state index in [0.29, 0.717) is 6.04 Å². The summed E-state index contributed by atoms with van der Waals surface area (Å²) >= 11 is 1.28. The van der Waals surface area contributed by atoms with E-state index >= 15 is 0 Å². The smallest absolute Gasteiger partial charge is 0.0912 e. The van der Waals surface area contributed by atoms with Gasteiger partial charge in [0.25, 0.3) is 0 Å². The molecule has 1 aromatic carbocycles. The first kappa shape index (κ1) is 13.2. The molecule has 0 aliphatic heterocycles. The molecule has 0 radical (unpaired) electrons. The predicted octanol–water partition coefficient (Wildman–Crippen LogP) is 3.21. The lowest BCUT2D eigenvalue weighted by atomic mass is 10.0. The van der Waals surface area contributed by atoms with Crippen LogP contribution in [0.4, 0.5) is 0 Å². The van der Waals surface area contributed by atoms with Crippen LogP contribution in [-0.2, 0) is 6.42 Å². The molecule has 1 heterocycles. The summed E-state index contributed by atoms with van der Waals surface area (Å²) in [5, 5.41) is 3.48. The highest BCUT2D eigenvalue weighted by atomic mass is 32.1. The SMILES string of the molecule is CCNC(CCCc1ccccc1)c1cnsn1. The van der Waals surface area contributed by atoms with E-state index in [9.17, 15) is 0 Å². The van der Waals surface area contributed by atoms with E-state index in [1.54, 1.807) is 0 Å². The van der Waals surface area contributed by atoms with E-state index in [-0.39, 0.29) is 0 Å². The first-order chi connectivity index (χ1) is 8.90. The number of aryl methyl sites for hydroxylation is 1. The van der Waals surface area contributed by atoms with Gasteiger partial charge in [0.2, 0.25) is 0 Å². The molecule has 1 N–H and O–H groups in total. The largest absolute Gasteiger partial charge is 0.309 e. The fourth-order valence-corrected chi connectivity index (χ4v) is 2.55. The molecule has 96 valence electrons. The first-order valence-corrected chi connectivity index (χ1v) is 7.18. The van der Waals surface area contributed by atoms with Gasteiger partial charge in [-0.2, -0.15) is 8.75 Å². The molecule has 2 aromatic rings. The molecule has 1 aromatic heterocycles. The molecule has 0 bridgehead atoms. The molecule has 18 heavy (non-hydrogen) atoms. The van der Waals surface area contributed by atoms with Gasteiger partial charge < -0.3 is 5.32 Å². The highest BCUT2D eigenvalue weighted by Crippen LogP contribution is 2.18. The minimum atomic E-state index is 0.345. The Morgan fingerprint density at radius 2 is 2.11 bits per heavy atom. The third-order valence-corrected chi connectivity index (χ3v) is 3.48. The van der Waals surface area contributed by atoms with Gasteiger partial charge in [-0.3, -0.25) is 0 Å². The highest BCUT2D eigenvalue weighted by molar-refractivity contribution is 6.99. The number of hydrogen-bond acceptors (Lipinski definition) is 4. The van der Waals surface area contributed by atoms with Crippen LogP contribution >= 0.6 is 11.7 Å². The third kappa shape index (κ3) is 3.89. The number of nitrogens with one attached hydrogen (secondary N) is 1. The predicted molar refractivity (Wildman–Crippen MR) is 75.7 cm³/mol.